The number of amides is 4. The maximum atomic E-state index is 15.7. The van der Waals surface area contributed by atoms with E-state index in [0.29, 0.717) is 51.5 Å². The highest BCUT2D eigenvalue weighted by Crippen LogP contribution is 2.35. The molecule has 3 aliphatic heterocycles. The quantitative estimate of drug-likeness (QED) is 0.603. The van der Waals surface area contributed by atoms with Gasteiger partial charge in [-0.3, -0.25) is 15.0 Å². The molecule has 0 bridgehead atoms. The summed E-state index contributed by atoms with van der Waals surface area (Å²) >= 11 is 0. The number of imide groups is 1. The molecule has 212 valence electrons. The number of anilines is 1. The van der Waals surface area contributed by atoms with Crippen molar-refractivity contribution in [3.8, 4) is 0 Å². The minimum atomic E-state index is -1.29. The van der Waals surface area contributed by atoms with E-state index in [2.05, 4.69) is 33.1 Å². The molecule has 3 fully saturated rings. The van der Waals surface area contributed by atoms with E-state index in [0.717, 1.165) is 48.1 Å². The van der Waals surface area contributed by atoms with E-state index in [1.54, 1.807) is 9.80 Å². The molecule has 2 aromatic rings. The average Bonchev–Trinajstić information content (AvgIpc) is 3.29. The van der Waals surface area contributed by atoms with E-state index in [1.807, 2.05) is 33.8 Å². The Kier molecular flexibility index (Phi) is 7.35. The number of hydrogen-bond acceptors (Lipinski definition) is 5. The molecule has 10 heteroatoms. The highest BCUT2D eigenvalue weighted by Gasteiger charge is 2.39. The molecule has 0 aliphatic carbocycles. The molecule has 0 spiro atoms. The monoisotopic (exact) mass is 541 g/mol. The van der Waals surface area contributed by atoms with Gasteiger partial charge in [0.1, 0.15) is 11.3 Å². The van der Waals surface area contributed by atoms with Crippen molar-refractivity contribution < 1.29 is 23.5 Å². The van der Waals surface area contributed by atoms with Crippen LogP contribution in [0.2, 0.25) is 0 Å². The number of nitrogens with zero attached hydrogens (tertiary/aromatic N) is 4. The summed E-state index contributed by atoms with van der Waals surface area (Å²) in [4.78, 5) is 41.7. The van der Waals surface area contributed by atoms with Gasteiger partial charge < -0.3 is 19.1 Å². The maximum Gasteiger partial charge on any atom is 0.410 e. The van der Waals surface area contributed by atoms with Crippen LogP contribution >= 0.6 is 0 Å². The third kappa shape index (κ3) is 5.90. The molecule has 39 heavy (non-hydrogen) atoms. The Morgan fingerprint density at radius 1 is 1.08 bits per heavy atom. The van der Waals surface area contributed by atoms with Crippen molar-refractivity contribution in [2.24, 2.45) is 0 Å². The predicted molar refractivity (Wildman–Crippen MR) is 148 cm³/mol. The van der Waals surface area contributed by atoms with Crippen LogP contribution in [0.1, 0.15) is 64.5 Å². The van der Waals surface area contributed by atoms with Crippen molar-refractivity contribution in [2.45, 2.75) is 77.1 Å². The van der Waals surface area contributed by atoms with E-state index in [9.17, 15) is 14.4 Å². The van der Waals surface area contributed by atoms with Crippen LogP contribution in [-0.4, -0.2) is 82.9 Å². The number of aryl methyl sites for hydroxylation is 1. The fraction of sp³-hybridized carbons (Fsp3) is 0.621. The number of rotatable bonds is 4. The maximum absolute atomic E-state index is 15.7. The zero-order valence-electron chi connectivity index (χ0n) is 23.5. The van der Waals surface area contributed by atoms with E-state index >= 15 is 4.39 Å². The van der Waals surface area contributed by atoms with Gasteiger partial charge in [0.15, 0.2) is 0 Å². The third-order valence-electron chi connectivity index (χ3n) is 8.26. The molecule has 4 heterocycles. The number of alkyl halides is 1. The van der Waals surface area contributed by atoms with Gasteiger partial charge in [0.05, 0.1) is 0 Å². The van der Waals surface area contributed by atoms with Gasteiger partial charge in [-0.15, -0.1) is 0 Å². The summed E-state index contributed by atoms with van der Waals surface area (Å²) in [6, 6.07) is 6.08. The van der Waals surface area contributed by atoms with Crippen LogP contribution in [0.15, 0.2) is 24.4 Å². The number of aromatic nitrogens is 1. The zero-order chi connectivity index (χ0) is 27.9. The molecule has 3 aliphatic rings. The van der Waals surface area contributed by atoms with E-state index in [4.69, 9.17) is 4.74 Å². The van der Waals surface area contributed by atoms with Crippen LogP contribution in [0.5, 0.6) is 0 Å². The van der Waals surface area contributed by atoms with Gasteiger partial charge in [0, 0.05) is 87.4 Å². The second-order valence-electron chi connectivity index (χ2n) is 12.2. The number of carbonyl (C=O) groups excluding carboxylic acids is 3. The first-order valence-corrected chi connectivity index (χ1v) is 14.0. The summed E-state index contributed by atoms with van der Waals surface area (Å²) in [6.07, 6.45) is 4.58. The second-order valence-corrected chi connectivity index (χ2v) is 12.2. The highest BCUT2D eigenvalue weighted by atomic mass is 19.1. The van der Waals surface area contributed by atoms with E-state index in [-0.39, 0.29) is 18.0 Å². The molecule has 4 amide bonds. The number of ether oxygens (including phenoxy) is 1. The Morgan fingerprint density at radius 3 is 2.41 bits per heavy atom. The van der Waals surface area contributed by atoms with Gasteiger partial charge in [-0.25, -0.2) is 14.0 Å². The topological polar surface area (TPSA) is 87.1 Å². The molecule has 1 aromatic carbocycles. The van der Waals surface area contributed by atoms with Crippen LogP contribution in [0.4, 0.5) is 19.7 Å². The Balaban J connectivity index is 1.18. The normalized spacial score (nSPS) is 21.4. The van der Waals surface area contributed by atoms with Crippen LogP contribution in [-0.2, 0) is 9.53 Å². The number of nitrogens with one attached hydrogen (secondary N) is 1. The summed E-state index contributed by atoms with van der Waals surface area (Å²) in [5.74, 6) is -0.239. The van der Waals surface area contributed by atoms with Gasteiger partial charge in [-0.05, 0) is 64.3 Å². The van der Waals surface area contributed by atoms with Crippen molar-refractivity contribution in [1.82, 2.24) is 19.7 Å². The Bertz CT molecular complexity index is 1250. The van der Waals surface area contributed by atoms with Gasteiger partial charge in [-0.2, -0.15) is 0 Å². The second kappa shape index (κ2) is 10.4. The molecular formula is C29H40FN5O4. The van der Waals surface area contributed by atoms with Crippen LogP contribution in [0.25, 0.3) is 10.9 Å². The Morgan fingerprint density at radius 2 is 1.77 bits per heavy atom. The molecule has 3 saturated heterocycles. The summed E-state index contributed by atoms with van der Waals surface area (Å²) in [6.45, 7) is 10.7. The van der Waals surface area contributed by atoms with Crippen LogP contribution in [0.3, 0.4) is 0 Å². The number of urea groups is 1. The minimum absolute atomic E-state index is 0.239. The number of carbonyl (C=O) groups is 3. The fourth-order valence-corrected chi connectivity index (χ4v) is 6.11. The molecule has 1 aromatic heterocycles. The smallest absolute Gasteiger partial charge is 0.410 e. The Hall–Kier alpha value is -3.14. The summed E-state index contributed by atoms with van der Waals surface area (Å²) < 4.78 is 23.5. The molecular weight excluding hydrogens is 501 g/mol. The van der Waals surface area contributed by atoms with E-state index in [1.165, 1.54) is 0 Å². The van der Waals surface area contributed by atoms with E-state index < -0.39 is 11.3 Å². The SMILES string of the molecule is Cc1c(N2CCC(=O)NC2=O)ccc2c1ccn2C1CCN(CC2(F)CCN(C(=O)OC(C)(C)C)CC2)CC1. The summed E-state index contributed by atoms with van der Waals surface area (Å²) in [5, 5.41) is 3.50. The highest BCUT2D eigenvalue weighted by molar-refractivity contribution is 6.07. The summed E-state index contributed by atoms with van der Waals surface area (Å²) in [5.41, 5.74) is 1.13. The van der Waals surface area contributed by atoms with Crippen molar-refractivity contribution in [2.75, 3.05) is 44.2 Å². The Labute approximate surface area is 229 Å². The average molecular weight is 542 g/mol. The van der Waals surface area contributed by atoms with Crippen molar-refractivity contribution >= 4 is 34.6 Å². The van der Waals surface area contributed by atoms with Gasteiger partial charge >= 0.3 is 12.1 Å². The molecule has 9 nitrogen and oxygen atoms in total. The lowest BCUT2D eigenvalue weighted by Crippen LogP contribution is -2.51. The molecule has 1 N–H and O–H groups in total. The van der Waals surface area contributed by atoms with Crippen molar-refractivity contribution in [1.29, 1.82) is 0 Å². The number of fused-ring (bicyclic) bond motifs is 1. The lowest BCUT2D eigenvalue weighted by molar-refractivity contribution is -0.120. The zero-order valence-corrected chi connectivity index (χ0v) is 23.5. The molecule has 0 saturated carbocycles. The molecule has 0 unspecified atom stereocenters. The number of likely N-dealkylation sites (tertiary alicyclic amines) is 2. The number of hydrogen-bond donors (Lipinski definition) is 1. The van der Waals surface area contributed by atoms with Crippen LogP contribution in [0, 0.1) is 6.92 Å². The van der Waals surface area contributed by atoms with Crippen molar-refractivity contribution in [3.63, 3.8) is 0 Å². The molecule has 0 atom stereocenters. The number of benzene rings is 1. The summed E-state index contributed by atoms with van der Waals surface area (Å²) in [7, 11) is 0. The first kappa shape index (κ1) is 27.4. The third-order valence-corrected chi connectivity index (χ3v) is 8.26. The number of piperidine rings is 2. The lowest BCUT2D eigenvalue weighted by atomic mass is 9.91. The van der Waals surface area contributed by atoms with Gasteiger partial charge in [0.2, 0.25) is 5.91 Å². The number of halogens is 1. The van der Waals surface area contributed by atoms with Gasteiger partial charge in [-0.1, -0.05) is 0 Å². The first-order valence-electron chi connectivity index (χ1n) is 14.0. The largest absolute Gasteiger partial charge is 0.444 e. The standard InChI is InChI=1S/C29H40FN5O4/c1-20-22-9-15-34(24(22)6-5-23(20)35-16-10-25(36)31-26(35)37)21-7-13-32(14-8-21)19-29(30)11-17-33(18-12-29)27(38)39-28(2,3)4/h5-6,9,15,21H,7-8,10-14,16-19H2,1-4H3,(H,31,36,37). The van der Waals surface area contributed by atoms with Crippen LogP contribution < -0.4 is 10.2 Å². The minimum Gasteiger partial charge on any atom is -0.444 e. The van der Waals surface area contributed by atoms with Crippen molar-refractivity contribution in [3.05, 3.63) is 30.0 Å². The molecule has 5 rings (SSSR count). The molecule has 0 radical (unpaired) electrons. The fourth-order valence-electron chi connectivity index (χ4n) is 6.11. The first-order chi connectivity index (χ1) is 18.4. The van der Waals surface area contributed by atoms with Gasteiger partial charge in [0.25, 0.3) is 0 Å². The lowest BCUT2D eigenvalue weighted by Gasteiger charge is -2.41. The predicted octanol–water partition coefficient (Wildman–Crippen LogP) is 4.77.